The third-order valence-electron chi connectivity index (χ3n) is 3.43. The van der Waals surface area contributed by atoms with E-state index in [1.165, 1.54) is 6.92 Å². The highest BCUT2D eigenvalue weighted by Crippen LogP contribution is 2.12. The first-order chi connectivity index (χ1) is 10.0. The van der Waals surface area contributed by atoms with Crippen LogP contribution in [0.3, 0.4) is 0 Å². The Labute approximate surface area is 129 Å². The van der Waals surface area contributed by atoms with Gasteiger partial charge in [0.05, 0.1) is 12.2 Å². The summed E-state index contributed by atoms with van der Waals surface area (Å²) in [6, 6.07) is 0. The van der Waals surface area contributed by atoms with Gasteiger partial charge in [0.1, 0.15) is 6.10 Å². The van der Waals surface area contributed by atoms with E-state index in [1.807, 2.05) is 0 Å². The number of rotatable bonds is 12. The van der Waals surface area contributed by atoms with Crippen LogP contribution in [-0.2, 0) is 9.53 Å². The van der Waals surface area contributed by atoms with Crippen molar-refractivity contribution in [3.63, 3.8) is 0 Å². The van der Waals surface area contributed by atoms with E-state index in [9.17, 15) is 15.0 Å². The predicted molar refractivity (Wildman–Crippen MR) is 85.0 cm³/mol. The first kappa shape index (κ1) is 20.1. The number of hydrogen-bond donors (Lipinski definition) is 2. The van der Waals surface area contributed by atoms with E-state index in [0.29, 0.717) is 6.42 Å². The van der Waals surface area contributed by atoms with Crippen molar-refractivity contribution in [3.8, 4) is 0 Å². The molecule has 0 bridgehead atoms. The molecule has 4 nitrogen and oxygen atoms in total. The summed E-state index contributed by atoms with van der Waals surface area (Å²) in [5.74, 6) is -0.320. The van der Waals surface area contributed by atoms with E-state index in [4.69, 9.17) is 4.74 Å². The second-order valence-corrected chi connectivity index (χ2v) is 5.58. The quantitative estimate of drug-likeness (QED) is 0.329. The van der Waals surface area contributed by atoms with Crippen LogP contribution in [-0.4, -0.2) is 34.5 Å². The number of carbonyl (C=O) groups is 1. The van der Waals surface area contributed by atoms with Gasteiger partial charge in [-0.1, -0.05) is 52.0 Å². The summed E-state index contributed by atoms with van der Waals surface area (Å²) in [6.45, 7) is 5.60. The fraction of sp³-hybridized carbons (Fsp3) is 0.824. The largest absolute Gasteiger partial charge is 0.458 e. The second-order valence-electron chi connectivity index (χ2n) is 5.58. The molecule has 0 radical (unpaired) electrons. The lowest BCUT2D eigenvalue weighted by molar-refractivity contribution is -0.144. The topological polar surface area (TPSA) is 66.8 Å². The van der Waals surface area contributed by atoms with Crippen molar-refractivity contribution >= 4 is 5.97 Å². The average Bonchev–Trinajstić information content (AvgIpc) is 2.44. The van der Waals surface area contributed by atoms with Gasteiger partial charge >= 0.3 is 5.97 Å². The average molecular weight is 300 g/mol. The number of aliphatic hydroxyl groups excluding tert-OH is 2. The Kier molecular flexibility index (Phi) is 12.3. The number of unbranched alkanes of at least 4 members (excludes halogenated alkanes) is 4. The third kappa shape index (κ3) is 11.5. The molecule has 4 heteroatoms. The number of carbonyl (C=O) groups excluding carboxylic acids is 1. The predicted octanol–water partition coefficient (Wildman–Crippen LogP) is 3.36. The Balaban J connectivity index is 4.27. The van der Waals surface area contributed by atoms with E-state index in [0.717, 1.165) is 44.9 Å². The molecule has 0 aromatic rings. The summed E-state index contributed by atoms with van der Waals surface area (Å²) in [7, 11) is 0. The van der Waals surface area contributed by atoms with Gasteiger partial charge in [0.25, 0.3) is 0 Å². The zero-order chi connectivity index (χ0) is 16.1. The van der Waals surface area contributed by atoms with Crippen LogP contribution < -0.4 is 0 Å². The SMILES string of the molecule is CCCCC[C@@H](O)[C@H](O)/C=C\[C@@H](CCCCC)OC(C)=O. The summed E-state index contributed by atoms with van der Waals surface area (Å²) in [5.41, 5.74) is 0. The van der Waals surface area contributed by atoms with Crippen molar-refractivity contribution in [2.45, 2.75) is 90.4 Å². The smallest absolute Gasteiger partial charge is 0.303 e. The molecule has 0 unspecified atom stereocenters. The van der Waals surface area contributed by atoms with Crippen LogP contribution in [0.2, 0.25) is 0 Å². The van der Waals surface area contributed by atoms with Gasteiger partial charge in [0, 0.05) is 6.92 Å². The molecule has 0 aromatic heterocycles. The molecule has 0 aliphatic carbocycles. The molecule has 124 valence electrons. The highest BCUT2D eigenvalue weighted by Gasteiger charge is 2.14. The summed E-state index contributed by atoms with van der Waals surface area (Å²) >= 11 is 0. The van der Waals surface area contributed by atoms with E-state index < -0.39 is 12.2 Å². The van der Waals surface area contributed by atoms with Gasteiger partial charge < -0.3 is 14.9 Å². The molecule has 2 N–H and O–H groups in total. The minimum atomic E-state index is -0.897. The number of ether oxygens (including phenoxy) is 1. The van der Waals surface area contributed by atoms with Gasteiger partial charge in [-0.05, 0) is 25.3 Å². The van der Waals surface area contributed by atoms with Crippen molar-refractivity contribution < 1.29 is 19.7 Å². The van der Waals surface area contributed by atoms with E-state index in [-0.39, 0.29) is 12.1 Å². The molecule has 0 aliphatic heterocycles. The third-order valence-corrected chi connectivity index (χ3v) is 3.43. The standard InChI is InChI=1S/C17H32O4/c1-4-6-8-10-15(21-14(3)18)12-13-17(20)16(19)11-9-7-5-2/h12-13,15-17,19-20H,4-11H2,1-3H3/b13-12-/t15-,16-,17-/m1/s1. The van der Waals surface area contributed by atoms with Crippen molar-refractivity contribution in [1.29, 1.82) is 0 Å². The monoisotopic (exact) mass is 300 g/mol. The molecular weight excluding hydrogens is 268 g/mol. The molecule has 0 rings (SSSR count). The zero-order valence-corrected chi connectivity index (χ0v) is 13.8. The Bertz CT molecular complexity index is 289. The molecule has 0 heterocycles. The lowest BCUT2D eigenvalue weighted by Crippen LogP contribution is -2.24. The Morgan fingerprint density at radius 2 is 1.57 bits per heavy atom. The first-order valence-electron chi connectivity index (χ1n) is 8.22. The molecule has 3 atom stereocenters. The van der Waals surface area contributed by atoms with Crippen molar-refractivity contribution in [1.82, 2.24) is 0 Å². The normalized spacial score (nSPS) is 15.9. The Morgan fingerprint density at radius 3 is 2.10 bits per heavy atom. The number of hydrogen-bond acceptors (Lipinski definition) is 4. The van der Waals surface area contributed by atoms with Crippen LogP contribution in [0.1, 0.15) is 72.1 Å². The summed E-state index contributed by atoms with van der Waals surface area (Å²) in [5, 5.41) is 19.7. The van der Waals surface area contributed by atoms with Crippen molar-refractivity contribution in [3.05, 3.63) is 12.2 Å². The summed E-state index contributed by atoms with van der Waals surface area (Å²) in [4.78, 5) is 11.1. The first-order valence-corrected chi connectivity index (χ1v) is 8.22. The number of esters is 1. The van der Waals surface area contributed by atoms with Crippen LogP contribution in [0.25, 0.3) is 0 Å². The fourth-order valence-electron chi connectivity index (χ4n) is 2.14. The van der Waals surface area contributed by atoms with Crippen molar-refractivity contribution in [2.75, 3.05) is 0 Å². The van der Waals surface area contributed by atoms with Crippen LogP contribution in [0.4, 0.5) is 0 Å². The minimum absolute atomic E-state index is 0.313. The molecule has 0 saturated carbocycles. The van der Waals surface area contributed by atoms with Crippen molar-refractivity contribution in [2.24, 2.45) is 0 Å². The van der Waals surface area contributed by atoms with Crippen LogP contribution >= 0.6 is 0 Å². The van der Waals surface area contributed by atoms with Crippen LogP contribution in [0.5, 0.6) is 0 Å². The van der Waals surface area contributed by atoms with E-state index in [1.54, 1.807) is 12.2 Å². The second kappa shape index (κ2) is 12.8. The Hall–Kier alpha value is -0.870. The molecule has 0 aromatic carbocycles. The highest BCUT2D eigenvalue weighted by atomic mass is 16.5. The fourth-order valence-corrected chi connectivity index (χ4v) is 2.14. The molecule has 0 aliphatic rings. The maximum Gasteiger partial charge on any atom is 0.303 e. The molecule has 0 fully saturated rings. The maximum atomic E-state index is 11.1. The van der Waals surface area contributed by atoms with E-state index >= 15 is 0 Å². The van der Waals surface area contributed by atoms with Crippen LogP contribution in [0.15, 0.2) is 12.2 Å². The molecule has 0 spiro atoms. The Morgan fingerprint density at radius 1 is 1.00 bits per heavy atom. The van der Waals surface area contributed by atoms with Gasteiger partial charge in [-0.25, -0.2) is 0 Å². The van der Waals surface area contributed by atoms with Gasteiger partial charge in [-0.3, -0.25) is 4.79 Å². The van der Waals surface area contributed by atoms with Gasteiger partial charge in [0.15, 0.2) is 0 Å². The van der Waals surface area contributed by atoms with Gasteiger partial charge in [-0.15, -0.1) is 0 Å². The summed E-state index contributed by atoms with van der Waals surface area (Å²) < 4.78 is 5.21. The minimum Gasteiger partial charge on any atom is -0.458 e. The van der Waals surface area contributed by atoms with Crippen LogP contribution in [0, 0.1) is 0 Å². The zero-order valence-electron chi connectivity index (χ0n) is 13.8. The lowest BCUT2D eigenvalue weighted by atomic mass is 10.0. The molecule has 0 amide bonds. The van der Waals surface area contributed by atoms with E-state index in [2.05, 4.69) is 13.8 Å². The maximum absolute atomic E-state index is 11.1. The summed E-state index contributed by atoms with van der Waals surface area (Å²) in [6.07, 6.45) is 8.87. The van der Waals surface area contributed by atoms with Gasteiger partial charge in [-0.2, -0.15) is 0 Å². The highest BCUT2D eigenvalue weighted by molar-refractivity contribution is 5.66. The molecular formula is C17H32O4. The molecule has 0 saturated heterocycles. The van der Waals surface area contributed by atoms with Gasteiger partial charge in [0.2, 0.25) is 0 Å². The lowest BCUT2D eigenvalue weighted by Gasteiger charge is -2.16. The number of aliphatic hydroxyl groups is 2. The molecule has 21 heavy (non-hydrogen) atoms.